The molecule has 0 saturated heterocycles. The van der Waals surface area contributed by atoms with Crippen LogP contribution >= 0.6 is 0 Å². The van der Waals surface area contributed by atoms with Gasteiger partial charge >= 0.3 is 5.97 Å². The highest BCUT2D eigenvalue weighted by Crippen LogP contribution is 2.27. The fourth-order valence-electron chi connectivity index (χ4n) is 4.10. The highest BCUT2D eigenvalue weighted by molar-refractivity contribution is 6.15. The molecule has 4 aromatic rings. The summed E-state index contributed by atoms with van der Waals surface area (Å²) >= 11 is 0. The van der Waals surface area contributed by atoms with Crippen LogP contribution in [0.2, 0.25) is 0 Å². The van der Waals surface area contributed by atoms with Crippen LogP contribution in [0.1, 0.15) is 49.4 Å². The maximum absolute atomic E-state index is 13.3. The third-order valence-corrected chi connectivity index (χ3v) is 5.74. The normalized spacial score (nSPS) is 11.0. The number of nitrogens with one attached hydrogen (secondary N) is 2. The summed E-state index contributed by atoms with van der Waals surface area (Å²) in [6, 6.07) is 12.6. The molecule has 36 heavy (non-hydrogen) atoms. The first-order chi connectivity index (χ1) is 17.3. The molecule has 4 rings (SSSR count). The molecule has 0 spiro atoms. The van der Waals surface area contributed by atoms with Crippen molar-refractivity contribution < 1.29 is 29.4 Å². The second-order valence-electron chi connectivity index (χ2n) is 8.38. The molecule has 0 radical (unpaired) electrons. The Hall–Kier alpha value is -4.60. The zero-order valence-electron chi connectivity index (χ0n) is 19.5. The van der Waals surface area contributed by atoms with Crippen LogP contribution in [0.5, 0.6) is 11.8 Å². The minimum atomic E-state index is -0.650. The molecule has 2 heterocycles. The Morgan fingerprint density at radius 2 is 1.61 bits per heavy atom. The van der Waals surface area contributed by atoms with Crippen LogP contribution in [-0.2, 0) is 9.59 Å². The number of pyridine rings is 1. The quantitative estimate of drug-likeness (QED) is 0.159. The Morgan fingerprint density at radius 1 is 0.917 bits per heavy atom. The molecule has 4 N–H and O–H groups in total. The molecule has 1 amide bonds. The van der Waals surface area contributed by atoms with Crippen LogP contribution in [0.15, 0.2) is 53.3 Å². The summed E-state index contributed by atoms with van der Waals surface area (Å²) < 4.78 is 0.622. The van der Waals surface area contributed by atoms with E-state index in [0.717, 1.165) is 0 Å². The van der Waals surface area contributed by atoms with Gasteiger partial charge in [-0.2, -0.15) is 0 Å². The SMILES string of the molecule is CC(=O)Nc1ccc2[nH]c3ccccc3c(=O)c2c1C(=O)CCCCCC(=O)On1c(O)ccc1O. The molecule has 0 saturated carbocycles. The van der Waals surface area contributed by atoms with Crippen molar-refractivity contribution in [2.75, 3.05) is 5.32 Å². The molecule has 10 heteroatoms. The second-order valence-corrected chi connectivity index (χ2v) is 8.38. The Kier molecular flexibility index (Phi) is 7.05. The van der Waals surface area contributed by atoms with Crippen LogP contribution < -0.4 is 15.6 Å². The Labute approximate surface area is 205 Å². The second kappa shape index (κ2) is 10.3. The fraction of sp³-hybridized carbons (Fsp3) is 0.231. The molecule has 2 aromatic heterocycles. The predicted molar refractivity (Wildman–Crippen MR) is 133 cm³/mol. The number of ketones is 1. The molecule has 10 nitrogen and oxygen atoms in total. The predicted octanol–water partition coefficient (Wildman–Crippen LogP) is 3.64. The number of para-hydroxylation sites is 1. The van der Waals surface area contributed by atoms with Crippen molar-refractivity contribution in [2.45, 2.75) is 39.0 Å². The van der Waals surface area contributed by atoms with Crippen molar-refractivity contribution in [3.63, 3.8) is 0 Å². The summed E-state index contributed by atoms with van der Waals surface area (Å²) in [5.74, 6) is -2.11. The van der Waals surface area contributed by atoms with E-state index in [4.69, 9.17) is 4.84 Å². The number of carbonyl (C=O) groups is 3. The topological polar surface area (TPSA) is 151 Å². The van der Waals surface area contributed by atoms with Gasteiger partial charge in [0.1, 0.15) is 0 Å². The lowest BCUT2D eigenvalue weighted by atomic mass is 9.96. The zero-order valence-corrected chi connectivity index (χ0v) is 19.5. The van der Waals surface area contributed by atoms with Gasteiger partial charge in [0.15, 0.2) is 11.2 Å². The van der Waals surface area contributed by atoms with Gasteiger partial charge in [0.2, 0.25) is 17.7 Å². The van der Waals surface area contributed by atoms with Crippen molar-refractivity contribution in [3.05, 3.63) is 64.3 Å². The van der Waals surface area contributed by atoms with E-state index in [1.54, 1.807) is 30.3 Å². The van der Waals surface area contributed by atoms with E-state index in [-0.39, 0.29) is 46.6 Å². The first kappa shape index (κ1) is 24.5. The van der Waals surface area contributed by atoms with Gasteiger partial charge in [0.25, 0.3) is 0 Å². The number of carbonyl (C=O) groups excluding carboxylic acids is 3. The lowest BCUT2D eigenvalue weighted by Gasteiger charge is -2.13. The number of nitrogens with zero attached hydrogens (tertiary/aromatic N) is 1. The number of H-pyrrole nitrogens is 1. The van der Waals surface area contributed by atoms with Crippen LogP contribution in [-0.4, -0.2) is 37.6 Å². The van der Waals surface area contributed by atoms with Crippen molar-refractivity contribution in [1.29, 1.82) is 0 Å². The molecule has 0 atom stereocenters. The highest BCUT2D eigenvalue weighted by atomic mass is 16.7. The summed E-state index contributed by atoms with van der Waals surface area (Å²) in [5.41, 5.74) is 1.28. The minimum Gasteiger partial charge on any atom is -0.492 e. The Morgan fingerprint density at radius 3 is 2.33 bits per heavy atom. The van der Waals surface area contributed by atoms with E-state index < -0.39 is 17.7 Å². The fourth-order valence-corrected chi connectivity index (χ4v) is 4.10. The molecule has 186 valence electrons. The van der Waals surface area contributed by atoms with Gasteiger partial charge < -0.3 is 25.4 Å². The van der Waals surface area contributed by atoms with E-state index in [2.05, 4.69) is 10.3 Å². The molecule has 0 aliphatic heterocycles. The molecular formula is C26H25N3O7. The largest absolute Gasteiger partial charge is 0.492 e. The molecule has 0 unspecified atom stereocenters. The van der Waals surface area contributed by atoms with E-state index >= 15 is 0 Å². The molecule has 0 bridgehead atoms. The Bertz CT molecular complexity index is 1510. The maximum Gasteiger partial charge on any atom is 0.333 e. The number of aromatic amines is 1. The standard InChI is InChI=1S/C26H25N3O7/c1-15(30)27-18-11-12-19-25(26(35)16-7-5-6-8-17(16)28-19)24(18)20(31)9-3-2-4-10-23(34)36-29-21(32)13-14-22(29)33/h5-8,11-14,32-33H,2-4,9-10H2,1H3,(H,27,30)(H,28,35). The first-order valence-corrected chi connectivity index (χ1v) is 11.5. The smallest absolute Gasteiger partial charge is 0.333 e. The number of unbranched alkanes of at least 4 members (excludes halogenated alkanes) is 2. The lowest BCUT2D eigenvalue weighted by Crippen LogP contribution is -2.18. The summed E-state index contributed by atoms with van der Waals surface area (Å²) in [7, 11) is 0. The third-order valence-electron chi connectivity index (χ3n) is 5.74. The third kappa shape index (κ3) is 5.07. The number of aromatic nitrogens is 2. The summed E-state index contributed by atoms with van der Waals surface area (Å²) in [6.45, 7) is 1.33. The molecular weight excluding hydrogens is 466 g/mol. The van der Waals surface area contributed by atoms with Gasteiger partial charge in [-0.3, -0.25) is 14.4 Å². The molecule has 0 aliphatic carbocycles. The van der Waals surface area contributed by atoms with Crippen molar-refractivity contribution >= 4 is 45.2 Å². The lowest BCUT2D eigenvalue weighted by molar-refractivity contribution is -0.145. The highest BCUT2D eigenvalue weighted by Gasteiger charge is 2.20. The average Bonchev–Trinajstić information content (AvgIpc) is 3.15. The van der Waals surface area contributed by atoms with Crippen LogP contribution in [0.3, 0.4) is 0 Å². The first-order valence-electron chi connectivity index (χ1n) is 11.5. The van der Waals surface area contributed by atoms with Gasteiger partial charge in [-0.15, -0.1) is 4.73 Å². The van der Waals surface area contributed by atoms with Crippen molar-refractivity contribution in [1.82, 2.24) is 9.71 Å². The monoisotopic (exact) mass is 491 g/mol. The van der Waals surface area contributed by atoms with Gasteiger partial charge in [0.05, 0.1) is 22.2 Å². The number of benzene rings is 2. The summed E-state index contributed by atoms with van der Waals surface area (Å²) in [5, 5.41) is 22.4. The van der Waals surface area contributed by atoms with E-state index in [0.29, 0.717) is 40.4 Å². The number of aromatic hydroxyl groups is 2. The van der Waals surface area contributed by atoms with E-state index in [9.17, 15) is 29.4 Å². The number of anilines is 1. The Balaban J connectivity index is 1.48. The number of rotatable bonds is 9. The van der Waals surface area contributed by atoms with Crippen molar-refractivity contribution in [3.8, 4) is 11.8 Å². The van der Waals surface area contributed by atoms with Gasteiger partial charge in [-0.25, -0.2) is 4.79 Å². The van der Waals surface area contributed by atoms with Gasteiger partial charge in [-0.1, -0.05) is 18.6 Å². The number of amides is 1. The summed E-state index contributed by atoms with van der Waals surface area (Å²) in [6.07, 6.45) is 1.49. The van der Waals surface area contributed by atoms with E-state index in [1.165, 1.54) is 19.1 Å². The van der Waals surface area contributed by atoms with Gasteiger partial charge in [-0.05, 0) is 37.1 Å². The van der Waals surface area contributed by atoms with E-state index in [1.807, 2.05) is 6.07 Å². The van der Waals surface area contributed by atoms with Crippen LogP contribution in [0.25, 0.3) is 21.8 Å². The number of hydrogen-bond acceptors (Lipinski definition) is 7. The van der Waals surface area contributed by atoms with Crippen LogP contribution in [0, 0.1) is 0 Å². The minimum absolute atomic E-state index is 0.0162. The molecule has 2 aromatic carbocycles. The maximum atomic E-state index is 13.3. The number of fused-ring (bicyclic) bond motifs is 2. The molecule has 0 fully saturated rings. The van der Waals surface area contributed by atoms with Crippen molar-refractivity contribution in [2.24, 2.45) is 0 Å². The van der Waals surface area contributed by atoms with Crippen LogP contribution in [0.4, 0.5) is 5.69 Å². The summed E-state index contributed by atoms with van der Waals surface area (Å²) in [4.78, 5) is 58.4. The number of hydrogen-bond donors (Lipinski definition) is 4. The number of Topliss-reactive ketones (excluding diaryl/α,β-unsaturated/α-hetero) is 1. The van der Waals surface area contributed by atoms with Gasteiger partial charge in [0, 0.05) is 42.8 Å². The molecule has 0 aliphatic rings. The zero-order chi connectivity index (χ0) is 25.8. The average molecular weight is 492 g/mol.